The first kappa shape index (κ1) is 12.3. The van der Waals surface area contributed by atoms with Crippen LogP contribution in [-0.4, -0.2) is 21.0 Å². The monoisotopic (exact) mass is 266 g/mol. The number of nitro groups is 1. The van der Waals surface area contributed by atoms with Crippen LogP contribution in [0.5, 0.6) is 0 Å². The molecule has 2 rings (SSSR count). The van der Waals surface area contributed by atoms with E-state index in [1.807, 2.05) is 0 Å². The van der Waals surface area contributed by atoms with Crippen molar-refractivity contribution >= 4 is 34.2 Å². The van der Waals surface area contributed by atoms with Gasteiger partial charge in [0.25, 0.3) is 5.69 Å². The number of benzene rings is 1. The summed E-state index contributed by atoms with van der Waals surface area (Å²) >= 11 is 5.76. The smallest absolute Gasteiger partial charge is 0.336 e. The third-order valence-corrected chi connectivity index (χ3v) is 2.63. The number of aromatic nitrogens is 1. The number of hydrogen-bond donors (Lipinski definition) is 1. The zero-order chi connectivity index (χ0) is 13.4. The number of pyridine rings is 1. The van der Waals surface area contributed by atoms with Gasteiger partial charge < -0.3 is 5.11 Å². The number of non-ortho nitro benzene ring substituents is 1. The fourth-order valence-electron chi connectivity index (χ4n) is 1.72. The molecule has 0 spiro atoms. The first-order valence-corrected chi connectivity index (χ1v) is 5.26. The predicted molar refractivity (Wildman–Crippen MR) is 65.1 cm³/mol. The number of carbonyl (C=O) groups is 1. The Hall–Kier alpha value is -2.21. The maximum Gasteiger partial charge on any atom is 0.336 e. The normalized spacial score (nSPS) is 10.6. The van der Waals surface area contributed by atoms with Gasteiger partial charge in [-0.1, -0.05) is 11.6 Å². The van der Waals surface area contributed by atoms with Crippen LogP contribution in [0.25, 0.3) is 10.9 Å². The van der Waals surface area contributed by atoms with Crippen molar-refractivity contribution in [1.82, 2.24) is 4.98 Å². The Morgan fingerprint density at radius 1 is 1.44 bits per heavy atom. The molecule has 0 aliphatic heterocycles. The number of rotatable bonds is 2. The van der Waals surface area contributed by atoms with Crippen LogP contribution in [0, 0.1) is 17.0 Å². The van der Waals surface area contributed by atoms with Gasteiger partial charge in [-0.2, -0.15) is 0 Å². The molecule has 0 bridgehead atoms. The molecule has 0 amide bonds. The van der Waals surface area contributed by atoms with Gasteiger partial charge in [-0.25, -0.2) is 9.78 Å². The third-order valence-electron chi connectivity index (χ3n) is 2.41. The van der Waals surface area contributed by atoms with E-state index in [2.05, 4.69) is 4.98 Å². The van der Waals surface area contributed by atoms with Gasteiger partial charge in [0, 0.05) is 22.2 Å². The fraction of sp³-hybridized carbons (Fsp3) is 0.0909. The highest BCUT2D eigenvalue weighted by Crippen LogP contribution is 2.30. The number of nitro benzene ring substituents is 1. The largest absolute Gasteiger partial charge is 0.478 e. The molecule has 18 heavy (non-hydrogen) atoms. The van der Waals surface area contributed by atoms with E-state index >= 15 is 0 Å². The minimum atomic E-state index is -1.18. The number of hydrogen-bond acceptors (Lipinski definition) is 4. The number of carboxylic acid groups (broad SMARTS) is 1. The molecule has 0 unspecified atom stereocenters. The van der Waals surface area contributed by atoms with Gasteiger partial charge in [0.15, 0.2) is 0 Å². The minimum absolute atomic E-state index is 0.0294. The summed E-state index contributed by atoms with van der Waals surface area (Å²) in [4.78, 5) is 25.4. The van der Waals surface area contributed by atoms with Gasteiger partial charge in [-0.15, -0.1) is 0 Å². The summed E-state index contributed by atoms with van der Waals surface area (Å²) in [5.41, 5.74) is 0.0684. The van der Waals surface area contributed by atoms with Crippen LogP contribution in [-0.2, 0) is 0 Å². The lowest BCUT2D eigenvalue weighted by atomic mass is 10.1. The van der Waals surface area contributed by atoms with Crippen molar-refractivity contribution in [2.75, 3.05) is 0 Å². The molecule has 0 radical (unpaired) electrons. The minimum Gasteiger partial charge on any atom is -0.478 e. The van der Waals surface area contributed by atoms with Gasteiger partial charge in [0.05, 0.1) is 10.5 Å². The number of aromatic carboxylic acids is 1. The van der Waals surface area contributed by atoms with Crippen molar-refractivity contribution in [3.05, 3.63) is 44.6 Å². The Balaban J connectivity index is 2.98. The molecule has 2 aromatic rings. The SMILES string of the molecule is Cc1cc(C(=O)O)c2cc(Cl)cc([N+](=O)[O-])c2n1. The quantitative estimate of drug-likeness (QED) is 0.666. The van der Waals surface area contributed by atoms with E-state index in [1.54, 1.807) is 6.92 Å². The van der Waals surface area contributed by atoms with Gasteiger partial charge in [-0.05, 0) is 19.1 Å². The molecule has 6 nitrogen and oxygen atoms in total. The topological polar surface area (TPSA) is 93.3 Å². The summed E-state index contributed by atoms with van der Waals surface area (Å²) in [6.07, 6.45) is 0. The summed E-state index contributed by atoms with van der Waals surface area (Å²) in [6.45, 7) is 1.57. The van der Waals surface area contributed by atoms with Crippen LogP contribution >= 0.6 is 11.6 Å². The maximum atomic E-state index is 11.1. The van der Waals surface area contributed by atoms with Crippen LogP contribution in [0.2, 0.25) is 5.02 Å². The molecule has 7 heteroatoms. The second-order valence-corrected chi connectivity index (χ2v) is 4.13. The summed E-state index contributed by atoms with van der Waals surface area (Å²) in [5, 5.41) is 20.3. The van der Waals surface area contributed by atoms with Crippen molar-refractivity contribution < 1.29 is 14.8 Å². The molecular formula is C11H7ClN2O4. The van der Waals surface area contributed by atoms with E-state index in [-0.39, 0.29) is 27.2 Å². The molecule has 0 aliphatic carbocycles. The zero-order valence-corrected chi connectivity index (χ0v) is 9.93. The molecule has 0 aliphatic rings. The van der Waals surface area contributed by atoms with Gasteiger partial charge >= 0.3 is 5.97 Å². The molecule has 0 saturated heterocycles. The number of carboxylic acids is 1. The second kappa shape index (κ2) is 4.23. The summed E-state index contributed by atoms with van der Waals surface area (Å²) in [6, 6.07) is 3.87. The Bertz CT molecular complexity index is 625. The first-order valence-electron chi connectivity index (χ1n) is 4.88. The maximum absolute atomic E-state index is 11.1. The lowest BCUT2D eigenvalue weighted by Gasteiger charge is -2.05. The molecule has 92 valence electrons. The molecule has 1 N–H and O–H groups in total. The van der Waals surface area contributed by atoms with E-state index in [0.29, 0.717) is 5.69 Å². The molecule has 0 fully saturated rings. The highest BCUT2D eigenvalue weighted by atomic mass is 35.5. The lowest BCUT2D eigenvalue weighted by molar-refractivity contribution is -0.383. The third kappa shape index (κ3) is 1.98. The molecular weight excluding hydrogens is 260 g/mol. The highest BCUT2D eigenvalue weighted by molar-refractivity contribution is 6.32. The summed E-state index contributed by atoms with van der Waals surface area (Å²) in [5.74, 6) is -1.18. The van der Waals surface area contributed by atoms with E-state index in [1.165, 1.54) is 12.1 Å². The fourth-order valence-corrected chi connectivity index (χ4v) is 1.93. The van der Waals surface area contributed by atoms with Gasteiger partial charge in [0.1, 0.15) is 5.52 Å². The highest BCUT2D eigenvalue weighted by Gasteiger charge is 2.20. The van der Waals surface area contributed by atoms with Gasteiger partial charge in [-0.3, -0.25) is 10.1 Å². The Morgan fingerprint density at radius 2 is 2.11 bits per heavy atom. The van der Waals surface area contributed by atoms with Gasteiger partial charge in [0.2, 0.25) is 0 Å². The average Bonchev–Trinajstić information content (AvgIpc) is 2.27. The van der Waals surface area contributed by atoms with Crippen LogP contribution in [0.15, 0.2) is 18.2 Å². The zero-order valence-electron chi connectivity index (χ0n) is 9.18. The van der Waals surface area contributed by atoms with Crippen molar-refractivity contribution in [3.63, 3.8) is 0 Å². The van der Waals surface area contributed by atoms with Crippen molar-refractivity contribution in [3.8, 4) is 0 Å². The Kier molecular flexibility index (Phi) is 2.88. The second-order valence-electron chi connectivity index (χ2n) is 3.69. The van der Waals surface area contributed by atoms with Crippen LogP contribution in [0.4, 0.5) is 5.69 Å². The Morgan fingerprint density at radius 3 is 2.67 bits per heavy atom. The Labute approximate surface area is 106 Å². The van der Waals surface area contributed by atoms with E-state index in [0.717, 1.165) is 6.07 Å². The molecule has 1 heterocycles. The van der Waals surface area contributed by atoms with Crippen LogP contribution in [0.1, 0.15) is 16.1 Å². The van der Waals surface area contributed by atoms with Crippen molar-refractivity contribution in [2.24, 2.45) is 0 Å². The number of halogens is 1. The lowest BCUT2D eigenvalue weighted by Crippen LogP contribution is -2.02. The molecule has 0 atom stereocenters. The molecule has 0 saturated carbocycles. The molecule has 1 aromatic heterocycles. The molecule has 1 aromatic carbocycles. The van der Waals surface area contributed by atoms with Crippen molar-refractivity contribution in [2.45, 2.75) is 6.92 Å². The van der Waals surface area contributed by atoms with Crippen LogP contribution < -0.4 is 0 Å². The van der Waals surface area contributed by atoms with E-state index in [4.69, 9.17) is 16.7 Å². The first-order chi connectivity index (χ1) is 8.40. The van der Waals surface area contributed by atoms with Crippen molar-refractivity contribution in [1.29, 1.82) is 0 Å². The number of fused-ring (bicyclic) bond motifs is 1. The number of aryl methyl sites for hydroxylation is 1. The summed E-state index contributed by atoms with van der Waals surface area (Å²) in [7, 11) is 0. The standard InChI is InChI=1S/C11H7ClN2O4/c1-5-2-8(11(15)16)7-3-6(12)4-9(14(17)18)10(7)13-5/h2-4H,1H3,(H,15,16). The number of nitrogens with zero attached hydrogens (tertiary/aromatic N) is 2. The van der Waals surface area contributed by atoms with Crippen LogP contribution in [0.3, 0.4) is 0 Å². The average molecular weight is 267 g/mol. The van der Waals surface area contributed by atoms with E-state index < -0.39 is 10.9 Å². The predicted octanol–water partition coefficient (Wildman–Crippen LogP) is 2.80. The van der Waals surface area contributed by atoms with E-state index in [9.17, 15) is 14.9 Å². The summed E-state index contributed by atoms with van der Waals surface area (Å²) < 4.78 is 0.